The molecule has 1 amide bonds. The van der Waals surface area contributed by atoms with Crippen LogP contribution in [0, 0.1) is 0 Å². The SMILES string of the molecule is CN=C(N)NCCC(=O)N1CCCCCC1. The van der Waals surface area contributed by atoms with E-state index < -0.39 is 0 Å². The van der Waals surface area contributed by atoms with Gasteiger partial charge in [0.2, 0.25) is 5.91 Å². The largest absolute Gasteiger partial charge is 0.370 e. The summed E-state index contributed by atoms with van der Waals surface area (Å²) in [7, 11) is 1.62. The number of aliphatic imine (C=N–C) groups is 1. The Kier molecular flexibility index (Phi) is 5.67. The molecule has 0 saturated carbocycles. The van der Waals surface area contributed by atoms with E-state index in [9.17, 15) is 4.79 Å². The van der Waals surface area contributed by atoms with Gasteiger partial charge in [0.25, 0.3) is 0 Å². The predicted molar refractivity (Wildman–Crippen MR) is 65.2 cm³/mol. The van der Waals surface area contributed by atoms with E-state index in [0.717, 1.165) is 25.9 Å². The Labute approximate surface area is 97.1 Å². The van der Waals surface area contributed by atoms with E-state index in [1.165, 1.54) is 12.8 Å². The van der Waals surface area contributed by atoms with Crippen molar-refractivity contribution >= 4 is 11.9 Å². The molecule has 1 saturated heterocycles. The van der Waals surface area contributed by atoms with E-state index in [0.29, 0.717) is 18.9 Å². The molecule has 1 heterocycles. The van der Waals surface area contributed by atoms with Crippen LogP contribution in [0.15, 0.2) is 4.99 Å². The standard InChI is InChI=1S/C11H22N4O/c1-13-11(12)14-7-6-10(16)15-8-4-2-3-5-9-15/h2-9H2,1H3,(H3,12,13,14). The molecule has 3 N–H and O–H groups in total. The predicted octanol–water partition coefficient (Wildman–Crippen LogP) is 0.313. The Morgan fingerprint density at radius 1 is 1.31 bits per heavy atom. The molecule has 0 unspecified atom stereocenters. The van der Waals surface area contributed by atoms with Gasteiger partial charge in [0, 0.05) is 33.1 Å². The monoisotopic (exact) mass is 226 g/mol. The van der Waals surface area contributed by atoms with Crippen LogP contribution in [-0.2, 0) is 4.79 Å². The molecule has 0 aromatic carbocycles. The van der Waals surface area contributed by atoms with Gasteiger partial charge in [0.15, 0.2) is 5.96 Å². The van der Waals surface area contributed by atoms with Crippen LogP contribution in [-0.4, -0.2) is 43.4 Å². The fourth-order valence-electron chi connectivity index (χ4n) is 1.85. The van der Waals surface area contributed by atoms with Gasteiger partial charge in [0.05, 0.1) is 0 Å². The van der Waals surface area contributed by atoms with Gasteiger partial charge in [-0.1, -0.05) is 12.8 Å². The summed E-state index contributed by atoms with van der Waals surface area (Å²) < 4.78 is 0. The Hall–Kier alpha value is -1.26. The molecule has 0 aliphatic carbocycles. The fraction of sp³-hybridized carbons (Fsp3) is 0.818. The minimum absolute atomic E-state index is 0.221. The summed E-state index contributed by atoms with van der Waals surface area (Å²) in [6.07, 6.45) is 5.26. The summed E-state index contributed by atoms with van der Waals surface area (Å²) in [5, 5.41) is 2.90. The maximum Gasteiger partial charge on any atom is 0.224 e. The smallest absolute Gasteiger partial charge is 0.224 e. The normalized spacial score (nSPS) is 18.1. The number of rotatable bonds is 3. The molecule has 0 spiro atoms. The Morgan fingerprint density at radius 3 is 2.50 bits per heavy atom. The summed E-state index contributed by atoms with van der Waals surface area (Å²) in [5.74, 6) is 0.613. The van der Waals surface area contributed by atoms with Crippen molar-refractivity contribution in [2.24, 2.45) is 10.7 Å². The van der Waals surface area contributed by atoms with Crippen molar-refractivity contribution in [1.82, 2.24) is 10.2 Å². The zero-order valence-corrected chi connectivity index (χ0v) is 10.0. The number of nitrogens with two attached hydrogens (primary N) is 1. The van der Waals surface area contributed by atoms with Crippen molar-refractivity contribution in [2.75, 3.05) is 26.7 Å². The molecule has 0 atom stereocenters. The van der Waals surface area contributed by atoms with E-state index in [1.807, 2.05) is 4.90 Å². The van der Waals surface area contributed by atoms with E-state index >= 15 is 0 Å². The lowest BCUT2D eigenvalue weighted by Crippen LogP contribution is -2.37. The van der Waals surface area contributed by atoms with Gasteiger partial charge in [-0.15, -0.1) is 0 Å². The summed E-state index contributed by atoms with van der Waals surface area (Å²) in [6, 6.07) is 0. The number of hydrogen-bond acceptors (Lipinski definition) is 2. The van der Waals surface area contributed by atoms with Crippen LogP contribution < -0.4 is 11.1 Å². The first kappa shape index (κ1) is 12.8. The third-order valence-corrected chi connectivity index (χ3v) is 2.84. The highest BCUT2D eigenvalue weighted by molar-refractivity contribution is 5.79. The van der Waals surface area contributed by atoms with Crippen LogP contribution >= 0.6 is 0 Å². The lowest BCUT2D eigenvalue weighted by molar-refractivity contribution is -0.130. The summed E-state index contributed by atoms with van der Waals surface area (Å²) >= 11 is 0. The molecular weight excluding hydrogens is 204 g/mol. The van der Waals surface area contributed by atoms with Gasteiger partial charge in [-0.05, 0) is 12.8 Å². The second-order valence-electron chi connectivity index (χ2n) is 4.08. The molecule has 5 nitrogen and oxygen atoms in total. The molecule has 1 fully saturated rings. The van der Waals surface area contributed by atoms with E-state index in [-0.39, 0.29) is 5.91 Å². The molecule has 1 aliphatic heterocycles. The lowest BCUT2D eigenvalue weighted by atomic mass is 10.2. The first-order valence-electron chi connectivity index (χ1n) is 5.98. The fourth-order valence-corrected chi connectivity index (χ4v) is 1.85. The first-order chi connectivity index (χ1) is 7.74. The molecule has 0 bridgehead atoms. The zero-order valence-electron chi connectivity index (χ0n) is 10.0. The molecule has 16 heavy (non-hydrogen) atoms. The molecule has 0 radical (unpaired) electrons. The maximum atomic E-state index is 11.8. The number of amides is 1. The zero-order chi connectivity index (χ0) is 11.8. The molecule has 5 heteroatoms. The molecular formula is C11H22N4O. The van der Waals surface area contributed by atoms with Crippen molar-refractivity contribution in [3.8, 4) is 0 Å². The van der Waals surface area contributed by atoms with Gasteiger partial charge >= 0.3 is 0 Å². The molecule has 1 aliphatic rings. The molecule has 0 aromatic heterocycles. The average Bonchev–Trinajstić information content (AvgIpc) is 2.57. The summed E-state index contributed by atoms with van der Waals surface area (Å²) in [4.78, 5) is 17.6. The van der Waals surface area contributed by atoms with Crippen molar-refractivity contribution in [2.45, 2.75) is 32.1 Å². The number of guanidine groups is 1. The number of likely N-dealkylation sites (tertiary alicyclic amines) is 1. The van der Waals surface area contributed by atoms with Crippen molar-refractivity contribution in [1.29, 1.82) is 0 Å². The number of carbonyl (C=O) groups excluding carboxylic acids is 1. The lowest BCUT2D eigenvalue weighted by Gasteiger charge is -2.20. The van der Waals surface area contributed by atoms with E-state index in [4.69, 9.17) is 5.73 Å². The van der Waals surface area contributed by atoms with Crippen molar-refractivity contribution < 1.29 is 4.79 Å². The second kappa shape index (κ2) is 7.09. The number of nitrogens with zero attached hydrogens (tertiary/aromatic N) is 2. The van der Waals surface area contributed by atoms with E-state index in [2.05, 4.69) is 10.3 Å². The molecule has 0 aromatic rings. The number of nitrogens with one attached hydrogen (secondary N) is 1. The van der Waals surface area contributed by atoms with Crippen LogP contribution in [0.1, 0.15) is 32.1 Å². The van der Waals surface area contributed by atoms with Crippen LogP contribution in [0.3, 0.4) is 0 Å². The highest BCUT2D eigenvalue weighted by Crippen LogP contribution is 2.10. The maximum absolute atomic E-state index is 11.8. The van der Waals surface area contributed by atoms with Crippen LogP contribution in [0.25, 0.3) is 0 Å². The Balaban J connectivity index is 2.22. The van der Waals surface area contributed by atoms with Gasteiger partial charge in [0.1, 0.15) is 0 Å². The highest BCUT2D eigenvalue weighted by atomic mass is 16.2. The minimum Gasteiger partial charge on any atom is -0.370 e. The van der Waals surface area contributed by atoms with E-state index in [1.54, 1.807) is 7.05 Å². The quantitative estimate of drug-likeness (QED) is 0.537. The third-order valence-electron chi connectivity index (χ3n) is 2.84. The van der Waals surface area contributed by atoms with Crippen LogP contribution in [0.4, 0.5) is 0 Å². The van der Waals surface area contributed by atoms with Gasteiger partial charge in [-0.2, -0.15) is 0 Å². The summed E-state index contributed by atoms with van der Waals surface area (Å²) in [5.41, 5.74) is 5.48. The third kappa shape index (κ3) is 4.51. The van der Waals surface area contributed by atoms with Crippen LogP contribution in [0.5, 0.6) is 0 Å². The van der Waals surface area contributed by atoms with Crippen LogP contribution in [0.2, 0.25) is 0 Å². The first-order valence-corrected chi connectivity index (χ1v) is 5.98. The Morgan fingerprint density at radius 2 is 1.94 bits per heavy atom. The Bertz CT molecular complexity index is 244. The van der Waals surface area contributed by atoms with Gasteiger partial charge in [-0.25, -0.2) is 0 Å². The molecule has 1 rings (SSSR count). The van der Waals surface area contributed by atoms with Crippen molar-refractivity contribution in [3.05, 3.63) is 0 Å². The summed E-state index contributed by atoms with van der Waals surface area (Å²) in [6.45, 7) is 2.39. The topological polar surface area (TPSA) is 70.7 Å². The van der Waals surface area contributed by atoms with Gasteiger partial charge < -0.3 is 16.0 Å². The second-order valence-corrected chi connectivity index (χ2v) is 4.08. The molecule has 92 valence electrons. The minimum atomic E-state index is 0.221. The van der Waals surface area contributed by atoms with Gasteiger partial charge in [-0.3, -0.25) is 9.79 Å². The number of hydrogen-bond donors (Lipinski definition) is 2. The van der Waals surface area contributed by atoms with Crippen molar-refractivity contribution in [3.63, 3.8) is 0 Å². The number of carbonyl (C=O) groups is 1. The average molecular weight is 226 g/mol. The highest BCUT2D eigenvalue weighted by Gasteiger charge is 2.14.